The van der Waals surface area contributed by atoms with Gasteiger partial charge in [0, 0.05) is 16.5 Å². The van der Waals surface area contributed by atoms with E-state index in [0.717, 1.165) is 39.1 Å². The number of carboxylic acids is 4. The minimum atomic E-state index is -1.26. The predicted molar refractivity (Wildman–Crippen MR) is 159 cm³/mol. The fourth-order valence-electron chi connectivity index (χ4n) is 5.26. The SMILES string of the molecule is O=C(O)c1ccc(-c2ccc3c(c2)c2cc(-c4ccc(C(=O)O)cc4)ccc2n3-c2cc(C(=O)O)cc(C(=O)O)c2)cc1. The highest BCUT2D eigenvalue weighted by Crippen LogP contribution is 2.37. The van der Waals surface area contributed by atoms with E-state index in [1.54, 1.807) is 28.8 Å². The van der Waals surface area contributed by atoms with Gasteiger partial charge in [0.05, 0.1) is 33.3 Å². The molecule has 1 heterocycles. The molecule has 9 heteroatoms. The Morgan fingerprint density at radius 1 is 0.395 bits per heavy atom. The fraction of sp³-hybridized carbons (Fsp3) is 0. The Labute approximate surface area is 243 Å². The molecule has 210 valence electrons. The number of hydrogen-bond acceptors (Lipinski definition) is 4. The molecule has 0 radical (unpaired) electrons. The quantitative estimate of drug-likeness (QED) is 0.161. The lowest BCUT2D eigenvalue weighted by molar-refractivity contribution is 0.0680. The number of aromatic nitrogens is 1. The first-order valence-electron chi connectivity index (χ1n) is 13.0. The molecule has 6 aromatic rings. The van der Waals surface area contributed by atoms with E-state index in [2.05, 4.69) is 0 Å². The van der Waals surface area contributed by atoms with Gasteiger partial charge in [-0.25, -0.2) is 19.2 Å². The van der Waals surface area contributed by atoms with Crippen LogP contribution in [-0.2, 0) is 0 Å². The Hall–Kier alpha value is -6.22. The normalized spacial score (nSPS) is 11.1. The maximum Gasteiger partial charge on any atom is 0.335 e. The largest absolute Gasteiger partial charge is 0.478 e. The van der Waals surface area contributed by atoms with Crippen LogP contribution in [-0.4, -0.2) is 48.9 Å². The molecule has 0 amide bonds. The van der Waals surface area contributed by atoms with Crippen LogP contribution >= 0.6 is 0 Å². The van der Waals surface area contributed by atoms with E-state index in [1.165, 1.54) is 36.4 Å². The second kappa shape index (κ2) is 10.3. The van der Waals surface area contributed by atoms with Crippen molar-refractivity contribution in [3.05, 3.63) is 125 Å². The summed E-state index contributed by atoms with van der Waals surface area (Å²) in [5, 5.41) is 39.5. The van der Waals surface area contributed by atoms with Gasteiger partial charge in [0.1, 0.15) is 0 Å². The molecule has 5 aromatic carbocycles. The summed E-state index contributed by atoms with van der Waals surface area (Å²) in [5.74, 6) is -4.58. The van der Waals surface area contributed by atoms with Gasteiger partial charge < -0.3 is 25.0 Å². The molecule has 0 fully saturated rings. The molecule has 0 aliphatic heterocycles. The van der Waals surface area contributed by atoms with Crippen LogP contribution in [0.25, 0.3) is 49.7 Å². The zero-order chi connectivity index (χ0) is 30.4. The molecule has 9 nitrogen and oxygen atoms in total. The number of nitrogens with zero attached hydrogens (tertiary/aromatic N) is 1. The average molecular weight is 572 g/mol. The summed E-state index contributed by atoms with van der Waals surface area (Å²) < 4.78 is 1.80. The summed E-state index contributed by atoms with van der Waals surface area (Å²) in [4.78, 5) is 46.4. The number of hydrogen-bond donors (Lipinski definition) is 4. The monoisotopic (exact) mass is 571 g/mol. The van der Waals surface area contributed by atoms with Gasteiger partial charge in [0.2, 0.25) is 0 Å². The summed E-state index contributed by atoms with van der Waals surface area (Å²) in [7, 11) is 0. The summed E-state index contributed by atoms with van der Waals surface area (Å²) in [6, 6.07) is 28.2. The number of aromatic carboxylic acids is 4. The zero-order valence-corrected chi connectivity index (χ0v) is 22.2. The van der Waals surface area contributed by atoms with Gasteiger partial charge in [-0.15, -0.1) is 0 Å². The number of fused-ring (bicyclic) bond motifs is 3. The van der Waals surface area contributed by atoms with Crippen molar-refractivity contribution in [2.24, 2.45) is 0 Å². The minimum absolute atomic E-state index is 0.160. The van der Waals surface area contributed by atoms with Gasteiger partial charge in [-0.3, -0.25) is 0 Å². The van der Waals surface area contributed by atoms with Crippen molar-refractivity contribution in [1.29, 1.82) is 0 Å². The van der Waals surface area contributed by atoms with Crippen LogP contribution in [0.2, 0.25) is 0 Å². The first-order chi connectivity index (χ1) is 20.6. The van der Waals surface area contributed by atoms with Crippen molar-refractivity contribution in [2.75, 3.05) is 0 Å². The minimum Gasteiger partial charge on any atom is -0.478 e. The van der Waals surface area contributed by atoms with Crippen molar-refractivity contribution in [2.45, 2.75) is 0 Å². The van der Waals surface area contributed by atoms with Crippen molar-refractivity contribution >= 4 is 45.7 Å². The lowest BCUT2D eigenvalue weighted by atomic mass is 9.99. The molecule has 0 spiro atoms. The molecule has 4 N–H and O–H groups in total. The van der Waals surface area contributed by atoms with Crippen molar-refractivity contribution in [3.8, 4) is 27.9 Å². The van der Waals surface area contributed by atoms with Gasteiger partial charge >= 0.3 is 23.9 Å². The third kappa shape index (κ3) is 4.85. The van der Waals surface area contributed by atoms with Crippen LogP contribution in [0, 0.1) is 0 Å². The molecule has 1 aromatic heterocycles. The molecule has 6 rings (SSSR count). The van der Waals surface area contributed by atoms with Crippen LogP contribution in [0.4, 0.5) is 0 Å². The number of rotatable bonds is 7. The van der Waals surface area contributed by atoms with E-state index < -0.39 is 23.9 Å². The van der Waals surface area contributed by atoms with Gasteiger partial charge in [0.15, 0.2) is 0 Å². The van der Waals surface area contributed by atoms with Crippen LogP contribution in [0.3, 0.4) is 0 Å². The highest BCUT2D eigenvalue weighted by Gasteiger charge is 2.18. The highest BCUT2D eigenvalue weighted by molar-refractivity contribution is 6.12. The molecule has 0 aliphatic rings. The molecule has 43 heavy (non-hydrogen) atoms. The average Bonchev–Trinajstić information content (AvgIpc) is 3.33. The zero-order valence-electron chi connectivity index (χ0n) is 22.2. The molecule has 0 saturated carbocycles. The van der Waals surface area contributed by atoms with E-state index in [0.29, 0.717) is 16.7 Å². The summed E-state index contributed by atoms with van der Waals surface area (Å²) in [6.45, 7) is 0. The standard InChI is InChI=1S/C34H21NO8/c36-31(37)20-5-1-18(2-6-20)22-9-11-29-27(16-22)28-17-23(19-3-7-21(8-4-19)32(38)39)10-12-30(28)35(29)26-14-24(33(40)41)13-25(15-26)34(42)43/h1-17H,(H,36,37)(H,38,39)(H,40,41)(H,42,43). The fourth-order valence-corrected chi connectivity index (χ4v) is 5.26. The third-order valence-electron chi connectivity index (χ3n) is 7.37. The molecule has 0 bridgehead atoms. The summed E-state index contributed by atoms with van der Waals surface area (Å²) in [5.41, 5.74) is 4.91. The maximum atomic E-state index is 11.9. The van der Waals surface area contributed by atoms with Crippen molar-refractivity contribution in [1.82, 2.24) is 4.57 Å². The highest BCUT2D eigenvalue weighted by atomic mass is 16.4. The van der Waals surface area contributed by atoms with E-state index in [1.807, 2.05) is 36.4 Å². The predicted octanol–water partition coefficient (Wildman–Crippen LogP) is 6.91. The molecule has 0 atom stereocenters. The topological polar surface area (TPSA) is 154 Å². The van der Waals surface area contributed by atoms with E-state index >= 15 is 0 Å². The molecule has 0 aliphatic carbocycles. The van der Waals surface area contributed by atoms with Gasteiger partial charge in [0.25, 0.3) is 0 Å². The Kier molecular flexibility index (Phi) is 6.47. The molecule has 0 unspecified atom stereocenters. The van der Waals surface area contributed by atoms with Crippen molar-refractivity contribution < 1.29 is 39.6 Å². The van der Waals surface area contributed by atoms with Crippen LogP contribution in [0.5, 0.6) is 0 Å². The summed E-state index contributed by atoms with van der Waals surface area (Å²) >= 11 is 0. The van der Waals surface area contributed by atoms with E-state index in [9.17, 15) is 39.6 Å². The van der Waals surface area contributed by atoms with Crippen LogP contribution < -0.4 is 0 Å². The smallest absolute Gasteiger partial charge is 0.335 e. The Balaban J connectivity index is 1.62. The molecule has 0 saturated heterocycles. The van der Waals surface area contributed by atoms with Gasteiger partial charge in [-0.1, -0.05) is 36.4 Å². The number of benzene rings is 5. The van der Waals surface area contributed by atoms with Crippen LogP contribution in [0.1, 0.15) is 41.4 Å². The Morgan fingerprint density at radius 3 is 1.09 bits per heavy atom. The second-order valence-corrected chi connectivity index (χ2v) is 9.94. The first kappa shape index (κ1) is 27.0. The van der Waals surface area contributed by atoms with Gasteiger partial charge in [-0.05, 0) is 89.0 Å². The lowest BCUT2D eigenvalue weighted by Gasteiger charge is -2.11. The number of carbonyl (C=O) groups is 4. The van der Waals surface area contributed by atoms with Crippen molar-refractivity contribution in [3.63, 3.8) is 0 Å². The van der Waals surface area contributed by atoms with E-state index in [-0.39, 0.29) is 22.3 Å². The van der Waals surface area contributed by atoms with Gasteiger partial charge in [-0.2, -0.15) is 0 Å². The lowest BCUT2D eigenvalue weighted by Crippen LogP contribution is -2.05. The van der Waals surface area contributed by atoms with E-state index in [4.69, 9.17) is 0 Å². The summed E-state index contributed by atoms with van der Waals surface area (Å²) in [6.07, 6.45) is 0. The Bertz CT molecular complexity index is 1980. The Morgan fingerprint density at radius 2 is 0.744 bits per heavy atom. The first-order valence-corrected chi connectivity index (χ1v) is 13.0. The van der Waals surface area contributed by atoms with Crippen LogP contribution in [0.15, 0.2) is 103 Å². The molecular formula is C34H21NO8. The second-order valence-electron chi connectivity index (χ2n) is 9.94. The maximum absolute atomic E-state index is 11.9. The number of carboxylic acid groups (broad SMARTS) is 4. The molecular weight excluding hydrogens is 550 g/mol. The third-order valence-corrected chi connectivity index (χ3v) is 7.37.